The zero-order valence-electron chi connectivity index (χ0n) is 8.84. The van der Waals surface area contributed by atoms with E-state index in [0.717, 1.165) is 26.1 Å². The summed E-state index contributed by atoms with van der Waals surface area (Å²) in [5.74, 6) is 0.452. The number of hydrogen-bond acceptors (Lipinski definition) is 2. The maximum absolute atomic E-state index is 11.5. The SMILES string of the molecule is CCNC(=O)C1CCN(C(C)C)C1. The molecular weight excluding hydrogens is 164 g/mol. The van der Waals surface area contributed by atoms with Gasteiger partial charge >= 0.3 is 0 Å². The van der Waals surface area contributed by atoms with Gasteiger partial charge in [0.25, 0.3) is 0 Å². The predicted molar refractivity (Wildman–Crippen MR) is 53.5 cm³/mol. The van der Waals surface area contributed by atoms with Gasteiger partial charge in [0.05, 0.1) is 5.92 Å². The predicted octanol–water partition coefficient (Wildman–Crippen LogP) is 0.853. The highest BCUT2D eigenvalue weighted by atomic mass is 16.1. The average Bonchev–Trinajstić information content (AvgIpc) is 2.52. The Morgan fingerprint density at radius 3 is 2.77 bits per heavy atom. The fourth-order valence-electron chi connectivity index (χ4n) is 1.79. The van der Waals surface area contributed by atoms with Gasteiger partial charge in [-0.1, -0.05) is 0 Å². The molecule has 76 valence electrons. The van der Waals surface area contributed by atoms with E-state index >= 15 is 0 Å². The van der Waals surface area contributed by atoms with Crippen LogP contribution in [0.4, 0.5) is 0 Å². The van der Waals surface area contributed by atoms with Crippen LogP contribution in [0, 0.1) is 5.92 Å². The summed E-state index contributed by atoms with van der Waals surface area (Å²) in [4.78, 5) is 13.8. The van der Waals surface area contributed by atoms with Crippen molar-refractivity contribution >= 4 is 5.91 Å². The van der Waals surface area contributed by atoms with Gasteiger partial charge in [0.2, 0.25) is 5.91 Å². The maximum Gasteiger partial charge on any atom is 0.224 e. The standard InChI is InChI=1S/C10H20N2O/c1-4-11-10(13)9-5-6-12(7-9)8(2)3/h8-9H,4-7H2,1-3H3,(H,11,13). The second-order valence-electron chi connectivity index (χ2n) is 3.97. The van der Waals surface area contributed by atoms with Crippen LogP contribution in [0.2, 0.25) is 0 Å². The molecule has 1 saturated heterocycles. The van der Waals surface area contributed by atoms with E-state index in [0.29, 0.717) is 6.04 Å². The third-order valence-electron chi connectivity index (χ3n) is 2.67. The van der Waals surface area contributed by atoms with Crippen LogP contribution in [-0.2, 0) is 4.79 Å². The first-order chi connectivity index (χ1) is 6.15. The summed E-state index contributed by atoms with van der Waals surface area (Å²) >= 11 is 0. The molecular formula is C10H20N2O. The Kier molecular flexibility index (Phi) is 3.72. The van der Waals surface area contributed by atoms with Crippen molar-refractivity contribution in [1.29, 1.82) is 0 Å². The molecule has 0 aliphatic carbocycles. The first kappa shape index (κ1) is 10.5. The molecule has 0 bridgehead atoms. The van der Waals surface area contributed by atoms with E-state index in [9.17, 15) is 4.79 Å². The zero-order valence-corrected chi connectivity index (χ0v) is 8.84. The van der Waals surface area contributed by atoms with Gasteiger partial charge in [0.1, 0.15) is 0 Å². The molecule has 1 fully saturated rings. The van der Waals surface area contributed by atoms with E-state index in [1.807, 2.05) is 6.92 Å². The Morgan fingerprint density at radius 1 is 1.62 bits per heavy atom. The molecule has 1 N–H and O–H groups in total. The first-order valence-corrected chi connectivity index (χ1v) is 5.17. The van der Waals surface area contributed by atoms with Crippen LogP contribution >= 0.6 is 0 Å². The van der Waals surface area contributed by atoms with Gasteiger partial charge in [0.15, 0.2) is 0 Å². The van der Waals surface area contributed by atoms with Crippen LogP contribution in [0.5, 0.6) is 0 Å². The van der Waals surface area contributed by atoms with Gasteiger partial charge in [-0.25, -0.2) is 0 Å². The Morgan fingerprint density at radius 2 is 2.31 bits per heavy atom. The molecule has 13 heavy (non-hydrogen) atoms. The van der Waals surface area contributed by atoms with Crippen molar-refractivity contribution < 1.29 is 4.79 Å². The highest BCUT2D eigenvalue weighted by Crippen LogP contribution is 2.18. The van der Waals surface area contributed by atoms with Crippen LogP contribution in [-0.4, -0.2) is 36.5 Å². The fraction of sp³-hybridized carbons (Fsp3) is 0.900. The van der Waals surface area contributed by atoms with E-state index in [4.69, 9.17) is 0 Å². The minimum absolute atomic E-state index is 0.224. The molecule has 0 radical (unpaired) electrons. The third kappa shape index (κ3) is 2.69. The largest absolute Gasteiger partial charge is 0.356 e. The Labute approximate surface area is 80.5 Å². The molecule has 1 aliphatic rings. The Hall–Kier alpha value is -0.570. The molecule has 0 saturated carbocycles. The number of likely N-dealkylation sites (tertiary alicyclic amines) is 1. The number of amides is 1. The second-order valence-corrected chi connectivity index (χ2v) is 3.97. The highest BCUT2D eigenvalue weighted by molar-refractivity contribution is 5.79. The fourth-order valence-corrected chi connectivity index (χ4v) is 1.79. The minimum Gasteiger partial charge on any atom is -0.356 e. The lowest BCUT2D eigenvalue weighted by molar-refractivity contribution is -0.124. The topological polar surface area (TPSA) is 32.3 Å². The molecule has 1 atom stereocenters. The number of rotatable bonds is 3. The summed E-state index contributed by atoms with van der Waals surface area (Å²) in [5.41, 5.74) is 0. The number of carbonyl (C=O) groups is 1. The van der Waals surface area contributed by atoms with Crippen molar-refractivity contribution in [3.05, 3.63) is 0 Å². The zero-order chi connectivity index (χ0) is 9.84. The minimum atomic E-state index is 0.224. The molecule has 0 spiro atoms. The molecule has 1 aliphatic heterocycles. The molecule has 3 heteroatoms. The van der Waals surface area contributed by atoms with E-state index in [1.165, 1.54) is 0 Å². The van der Waals surface area contributed by atoms with Crippen molar-refractivity contribution in [2.24, 2.45) is 5.92 Å². The van der Waals surface area contributed by atoms with E-state index in [2.05, 4.69) is 24.1 Å². The van der Waals surface area contributed by atoms with Crippen LogP contribution in [0.3, 0.4) is 0 Å². The molecule has 0 aromatic carbocycles. The summed E-state index contributed by atoms with van der Waals surface area (Å²) in [6, 6.07) is 0.569. The third-order valence-corrected chi connectivity index (χ3v) is 2.67. The van der Waals surface area contributed by atoms with Gasteiger partial charge in [-0.2, -0.15) is 0 Å². The summed E-state index contributed by atoms with van der Waals surface area (Å²) in [6.45, 7) is 9.08. The second kappa shape index (κ2) is 4.61. The van der Waals surface area contributed by atoms with Crippen molar-refractivity contribution in [1.82, 2.24) is 10.2 Å². The van der Waals surface area contributed by atoms with Gasteiger partial charge in [-0.05, 0) is 33.7 Å². The quantitative estimate of drug-likeness (QED) is 0.705. The van der Waals surface area contributed by atoms with Crippen molar-refractivity contribution in [3.63, 3.8) is 0 Å². The molecule has 1 rings (SSSR count). The van der Waals surface area contributed by atoms with E-state index in [-0.39, 0.29) is 11.8 Å². The monoisotopic (exact) mass is 184 g/mol. The van der Waals surface area contributed by atoms with Crippen molar-refractivity contribution in [2.75, 3.05) is 19.6 Å². The normalized spacial score (nSPS) is 23.8. The highest BCUT2D eigenvalue weighted by Gasteiger charge is 2.28. The number of nitrogens with one attached hydrogen (secondary N) is 1. The molecule has 1 unspecified atom stereocenters. The molecule has 1 amide bonds. The first-order valence-electron chi connectivity index (χ1n) is 5.17. The smallest absolute Gasteiger partial charge is 0.224 e. The number of nitrogens with zero attached hydrogens (tertiary/aromatic N) is 1. The molecule has 1 heterocycles. The Balaban J connectivity index is 2.36. The molecule has 0 aromatic heterocycles. The lowest BCUT2D eigenvalue weighted by Crippen LogP contribution is -2.34. The molecule has 3 nitrogen and oxygen atoms in total. The van der Waals surface area contributed by atoms with Gasteiger partial charge in [0, 0.05) is 19.1 Å². The summed E-state index contributed by atoms with van der Waals surface area (Å²) < 4.78 is 0. The van der Waals surface area contributed by atoms with Crippen LogP contribution < -0.4 is 5.32 Å². The van der Waals surface area contributed by atoms with Gasteiger partial charge < -0.3 is 10.2 Å². The van der Waals surface area contributed by atoms with Gasteiger partial charge in [-0.15, -0.1) is 0 Å². The maximum atomic E-state index is 11.5. The lowest BCUT2D eigenvalue weighted by Gasteiger charge is -2.19. The van der Waals surface area contributed by atoms with Crippen LogP contribution in [0.1, 0.15) is 27.2 Å². The van der Waals surface area contributed by atoms with Crippen molar-refractivity contribution in [3.8, 4) is 0 Å². The average molecular weight is 184 g/mol. The van der Waals surface area contributed by atoms with Crippen LogP contribution in [0.25, 0.3) is 0 Å². The van der Waals surface area contributed by atoms with E-state index < -0.39 is 0 Å². The summed E-state index contributed by atoms with van der Waals surface area (Å²) in [7, 11) is 0. The number of carbonyl (C=O) groups excluding carboxylic acids is 1. The van der Waals surface area contributed by atoms with Gasteiger partial charge in [-0.3, -0.25) is 4.79 Å². The Bertz CT molecular complexity index is 180. The number of hydrogen-bond donors (Lipinski definition) is 1. The van der Waals surface area contributed by atoms with Crippen LogP contribution in [0.15, 0.2) is 0 Å². The summed E-state index contributed by atoms with van der Waals surface area (Å²) in [6.07, 6.45) is 1.02. The van der Waals surface area contributed by atoms with E-state index in [1.54, 1.807) is 0 Å². The molecule has 0 aromatic rings. The summed E-state index contributed by atoms with van der Waals surface area (Å²) in [5, 5.41) is 2.88. The van der Waals surface area contributed by atoms with Crippen molar-refractivity contribution in [2.45, 2.75) is 33.2 Å². The lowest BCUT2D eigenvalue weighted by atomic mass is 10.1.